The molecule has 0 aliphatic heterocycles. The minimum absolute atomic E-state index is 0.0403. The molecule has 0 spiro atoms. The van der Waals surface area contributed by atoms with Crippen LogP contribution in [0.3, 0.4) is 0 Å². The Morgan fingerprint density at radius 1 is 1.08 bits per heavy atom. The fourth-order valence-electron chi connectivity index (χ4n) is 3.66. The molecule has 0 atom stereocenters. The van der Waals surface area contributed by atoms with E-state index in [-0.39, 0.29) is 17.7 Å². The molecule has 0 radical (unpaired) electrons. The van der Waals surface area contributed by atoms with Crippen LogP contribution in [0.2, 0.25) is 0 Å². The number of aromatic nitrogens is 1. The first kappa shape index (κ1) is 25.3. The first-order chi connectivity index (χ1) is 17.4. The van der Waals surface area contributed by atoms with E-state index in [0.29, 0.717) is 60.3 Å². The molecule has 1 N–H and O–H groups in total. The zero-order chi connectivity index (χ0) is 25.7. The van der Waals surface area contributed by atoms with Crippen molar-refractivity contribution < 1.29 is 37.7 Å². The van der Waals surface area contributed by atoms with Gasteiger partial charge >= 0.3 is 0 Å². The summed E-state index contributed by atoms with van der Waals surface area (Å²) < 4.78 is 42.3. The Kier molecular flexibility index (Phi) is 7.66. The van der Waals surface area contributed by atoms with Gasteiger partial charge in [-0.2, -0.15) is 0 Å². The summed E-state index contributed by atoms with van der Waals surface area (Å²) in [5, 5.41) is 3.18. The lowest BCUT2D eigenvalue weighted by Gasteiger charge is -2.16. The van der Waals surface area contributed by atoms with Crippen LogP contribution in [0.1, 0.15) is 19.3 Å². The molecule has 0 bridgehead atoms. The maximum absolute atomic E-state index is 14.8. The number of pyridine rings is 1. The van der Waals surface area contributed by atoms with Crippen LogP contribution in [0, 0.1) is 11.2 Å². The second kappa shape index (κ2) is 10.9. The third kappa shape index (κ3) is 5.39. The summed E-state index contributed by atoms with van der Waals surface area (Å²) in [6.45, 7) is 0.326. The summed E-state index contributed by atoms with van der Waals surface area (Å²) in [6, 6.07) is 9.11. The topological polar surface area (TPSA) is 105 Å². The van der Waals surface area contributed by atoms with Crippen molar-refractivity contribution in [1.82, 2.24) is 4.98 Å². The lowest BCUT2D eigenvalue weighted by atomic mass is 10.1. The monoisotopic (exact) mass is 498 g/mol. The summed E-state index contributed by atoms with van der Waals surface area (Å²) in [5.74, 6) is 0.145. The van der Waals surface area contributed by atoms with Crippen LogP contribution in [0.15, 0.2) is 42.6 Å². The predicted molar refractivity (Wildman–Crippen MR) is 129 cm³/mol. The van der Waals surface area contributed by atoms with E-state index in [9.17, 15) is 14.0 Å². The number of halogens is 1. The van der Waals surface area contributed by atoms with Gasteiger partial charge in [0.05, 0.1) is 19.2 Å². The van der Waals surface area contributed by atoms with Crippen LogP contribution < -0.4 is 19.5 Å². The van der Waals surface area contributed by atoms with E-state index in [0.717, 1.165) is 6.07 Å². The standard InChI is InChI=1S/C26H27FN2O7/c1-32-22-13-17-19(14-23(22)35-11-7-24(33-2)34-3)28-10-6-20(17)36-21-5-4-16(12-18(21)27)29-25(31)26(15-30)8-9-26/h4-6,10,12-15,24H,7-9,11H2,1-3H3,(H,29,31). The van der Waals surface area contributed by atoms with Gasteiger partial charge in [-0.15, -0.1) is 0 Å². The van der Waals surface area contributed by atoms with Gasteiger partial charge in [0.2, 0.25) is 5.91 Å². The highest BCUT2D eigenvalue weighted by Gasteiger charge is 2.50. The lowest BCUT2D eigenvalue weighted by Crippen LogP contribution is -2.25. The Bertz CT molecular complexity index is 1260. The molecule has 1 aliphatic rings. The number of fused-ring (bicyclic) bond motifs is 1. The highest BCUT2D eigenvalue weighted by Crippen LogP contribution is 2.44. The zero-order valence-electron chi connectivity index (χ0n) is 20.2. The molecule has 3 aromatic rings. The lowest BCUT2D eigenvalue weighted by molar-refractivity contribution is -0.126. The summed E-state index contributed by atoms with van der Waals surface area (Å²) in [6.07, 6.45) is 3.31. The number of nitrogens with one attached hydrogen (secondary N) is 1. The van der Waals surface area contributed by atoms with Crippen LogP contribution in [-0.4, -0.2) is 51.4 Å². The van der Waals surface area contributed by atoms with Gasteiger partial charge in [-0.3, -0.25) is 9.78 Å². The minimum atomic E-state index is -0.988. The van der Waals surface area contributed by atoms with E-state index >= 15 is 0 Å². The summed E-state index contributed by atoms with van der Waals surface area (Å²) in [5.41, 5.74) is -0.185. The van der Waals surface area contributed by atoms with E-state index in [1.807, 2.05) is 0 Å². The number of ether oxygens (including phenoxy) is 5. The van der Waals surface area contributed by atoms with Crippen molar-refractivity contribution in [1.29, 1.82) is 0 Å². The number of benzene rings is 2. The number of nitrogens with zero attached hydrogens (tertiary/aromatic N) is 1. The number of rotatable bonds is 12. The van der Waals surface area contributed by atoms with Gasteiger partial charge in [0.25, 0.3) is 0 Å². The van der Waals surface area contributed by atoms with Crippen molar-refractivity contribution in [2.75, 3.05) is 33.3 Å². The molecule has 10 heteroatoms. The Morgan fingerprint density at radius 2 is 1.86 bits per heavy atom. The Balaban J connectivity index is 1.52. The molecule has 36 heavy (non-hydrogen) atoms. The maximum Gasteiger partial charge on any atom is 0.237 e. The Hall–Kier alpha value is -3.76. The van der Waals surface area contributed by atoms with Crippen molar-refractivity contribution in [3.8, 4) is 23.0 Å². The molecule has 4 rings (SSSR count). The molecule has 1 amide bonds. The van der Waals surface area contributed by atoms with E-state index in [2.05, 4.69) is 10.3 Å². The van der Waals surface area contributed by atoms with Crippen molar-refractivity contribution in [2.45, 2.75) is 25.6 Å². The molecule has 1 saturated carbocycles. The largest absolute Gasteiger partial charge is 0.493 e. The van der Waals surface area contributed by atoms with Crippen LogP contribution in [0.4, 0.5) is 10.1 Å². The van der Waals surface area contributed by atoms with E-state index in [1.165, 1.54) is 19.2 Å². The first-order valence-electron chi connectivity index (χ1n) is 11.3. The number of anilines is 1. The van der Waals surface area contributed by atoms with Crippen LogP contribution >= 0.6 is 0 Å². The summed E-state index contributed by atoms with van der Waals surface area (Å²) in [7, 11) is 4.63. The number of hydrogen-bond donors (Lipinski definition) is 1. The van der Waals surface area contributed by atoms with Gasteiger partial charge in [-0.05, 0) is 37.1 Å². The van der Waals surface area contributed by atoms with Crippen molar-refractivity contribution in [3.05, 3.63) is 48.4 Å². The van der Waals surface area contributed by atoms with Crippen molar-refractivity contribution in [3.63, 3.8) is 0 Å². The molecule has 0 saturated heterocycles. The predicted octanol–water partition coefficient (Wildman–Crippen LogP) is 4.48. The average molecular weight is 499 g/mol. The number of carbonyl (C=O) groups excluding carboxylic acids is 2. The van der Waals surface area contributed by atoms with Crippen LogP contribution in [0.25, 0.3) is 10.9 Å². The first-order valence-corrected chi connectivity index (χ1v) is 11.3. The Morgan fingerprint density at radius 3 is 2.50 bits per heavy atom. The van der Waals surface area contributed by atoms with E-state index < -0.39 is 17.1 Å². The van der Waals surface area contributed by atoms with Gasteiger partial charge in [-0.25, -0.2) is 4.39 Å². The SMILES string of the molecule is COc1cc2c(Oc3ccc(NC(=O)C4(C=O)CC4)cc3F)ccnc2cc1OCCC(OC)OC. The fraction of sp³-hybridized carbons (Fsp3) is 0.346. The molecule has 1 aromatic heterocycles. The third-order valence-electron chi connectivity index (χ3n) is 6.00. The normalized spacial score (nSPS) is 13.9. The average Bonchev–Trinajstić information content (AvgIpc) is 3.69. The van der Waals surface area contributed by atoms with Gasteiger partial charge in [0.1, 0.15) is 17.5 Å². The molecule has 9 nitrogen and oxygen atoms in total. The molecular weight excluding hydrogens is 471 g/mol. The summed E-state index contributed by atoms with van der Waals surface area (Å²) >= 11 is 0. The highest BCUT2D eigenvalue weighted by molar-refractivity contribution is 6.07. The van der Waals surface area contributed by atoms with Crippen LogP contribution in [-0.2, 0) is 19.1 Å². The summed E-state index contributed by atoms with van der Waals surface area (Å²) in [4.78, 5) is 27.7. The molecule has 1 aliphatic carbocycles. The van der Waals surface area contributed by atoms with Crippen molar-refractivity contribution >= 4 is 28.8 Å². The fourth-order valence-corrected chi connectivity index (χ4v) is 3.66. The number of methoxy groups -OCH3 is 3. The van der Waals surface area contributed by atoms with Gasteiger partial charge < -0.3 is 33.8 Å². The number of aldehydes is 1. The molecule has 0 unspecified atom stereocenters. The molecule has 1 heterocycles. The molecule has 1 fully saturated rings. The third-order valence-corrected chi connectivity index (χ3v) is 6.00. The number of amides is 1. The van der Waals surface area contributed by atoms with Gasteiger partial charge in [0.15, 0.2) is 29.4 Å². The second-order valence-electron chi connectivity index (χ2n) is 8.34. The smallest absolute Gasteiger partial charge is 0.237 e. The van der Waals surface area contributed by atoms with Crippen molar-refractivity contribution in [2.24, 2.45) is 5.41 Å². The highest BCUT2D eigenvalue weighted by atomic mass is 19.1. The Labute approximate surface area is 207 Å². The molecular formula is C26H27FN2O7. The van der Waals surface area contributed by atoms with E-state index in [1.54, 1.807) is 38.6 Å². The quantitative estimate of drug-likeness (QED) is 0.221. The van der Waals surface area contributed by atoms with Gasteiger partial charge in [-0.1, -0.05) is 0 Å². The minimum Gasteiger partial charge on any atom is -0.493 e. The maximum atomic E-state index is 14.8. The molecule has 2 aromatic carbocycles. The second-order valence-corrected chi connectivity index (χ2v) is 8.34. The van der Waals surface area contributed by atoms with Gasteiger partial charge in [0, 0.05) is 50.0 Å². The van der Waals surface area contributed by atoms with E-state index in [4.69, 9.17) is 23.7 Å². The number of carbonyl (C=O) groups is 2. The zero-order valence-corrected chi connectivity index (χ0v) is 20.2. The van der Waals surface area contributed by atoms with Crippen LogP contribution in [0.5, 0.6) is 23.0 Å². The number of hydrogen-bond acceptors (Lipinski definition) is 8. The molecule has 190 valence electrons.